The molecule has 4 heteroatoms. The molecule has 0 aliphatic heterocycles. The lowest BCUT2D eigenvalue weighted by Crippen LogP contribution is -2.39. The van der Waals surface area contributed by atoms with Crippen molar-refractivity contribution in [2.75, 3.05) is 5.32 Å². The van der Waals surface area contributed by atoms with Crippen LogP contribution in [0, 0.1) is 0 Å². The van der Waals surface area contributed by atoms with Crippen LogP contribution in [0.2, 0.25) is 0 Å². The monoisotopic (exact) mass is 279 g/mol. The van der Waals surface area contributed by atoms with E-state index in [1.54, 1.807) is 10.6 Å². The van der Waals surface area contributed by atoms with Gasteiger partial charge in [-0.2, -0.15) is 4.57 Å². The van der Waals surface area contributed by atoms with Crippen molar-refractivity contribution in [1.29, 1.82) is 0 Å². The molecule has 0 radical (unpaired) electrons. The summed E-state index contributed by atoms with van der Waals surface area (Å²) in [5.74, 6) is -0.0868. The lowest BCUT2D eigenvalue weighted by Gasteiger charge is -2.08. The molecule has 4 nitrogen and oxygen atoms in total. The van der Waals surface area contributed by atoms with E-state index in [2.05, 4.69) is 5.32 Å². The topological polar surface area (TPSA) is 53.2 Å². The fourth-order valence-electron chi connectivity index (χ4n) is 2.25. The maximum absolute atomic E-state index is 12.0. The Balaban J connectivity index is 1.82. The van der Waals surface area contributed by atoms with Crippen LogP contribution in [0.3, 0.4) is 0 Å². The summed E-state index contributed by atoms with van der Waals surface area (Å²) >= 11 is 0. The van der Waals surface area contributed by atoms with E-state index in [0.29, 0.717) is 5.69 Å². The van der Waals surface area contributed by atoms with Crippen molar-refractivity contribution in [3.63, 3.8) is 0 Å². The van der Waals surface area contributed by atoms with E-state index in [0.717, 1.165) is 10.8 Å². The average Bonchev–Trinajstić information content (AvgIpc) is 2.51. The highest BCUT2D eigenvalue weighted by Gasteiger charge is 2.12. The zero-order valence-corrected chi connectivity index (χ0v) is 11.4. The number of fused-ring (bicyclic) bond motifs is 1. The maximum atomic E-state index is 12.0. The van der Waals surface area contributed by atoms with Gasteiger partial charge in [0.2, 0.25) is 6.54 Å². The third-order valence-electron chi connectivity index (χ3n) is 3.28. The third-order valence-corrected chi connectivity index (χ3v) is 3.28. The summed E-state index contributed by atoms with van der Waals surface area (Å²) in [5.41, 5.74) is 0.426. The molecule has 0 fully saturated rings. The Morgan fingerprint density at radius 1 is 1.00 bits per heavy atom. The Hall–Kier alpha value is -2.88. The van der Waals surface area contributed by atoms with E-state index in [-0.39, 0.29) is 18.2 Å². The second kappa shape index (κ2) is 5.63. The van der Waals surface area contributed by atoms with Gasteiger partial charge in [-0.05, 0) is 11.5 Å². The van der Waals surface area contributed by atoms with Gasteiger partial charge in [0.05, 0.1) is 5.69 Å². The summed E-state index contributed by atoms with van der Waals surface area (Å²) in [5, 5.41) is 14.6. The van der Waals surface area contributed by atoms with Crippen LogP contribution < -0.4 is 9.88 Å². The van der Waals surface area contributed by atoms with Gasteiger partial charge in [-0.1, -0.05) is 36.4 Å². The van der Waals surface area contributed by atoms with E-state index < -0.39 is 0 Å². The van der Waals surface area contributed by atoms with Crippen LogP contribution in [0.4, 0.5) is 5.69 Å². The number of anilines is 1. The Kier molecular flexibility index (Phi) is 3.51. The van der Waals surface area contributed by atoms with E-state index in [9.17, 15) is 9.90 Å². The van der Waals surface area contributed by atoms with Gasteiger partial charge < -0.3 is 10.4 Å². The van der Waals surface area contributed by atoms with Gasteiger partial charge in [-0.3, -0.25) is 4.79 Å². The van der Waals surface area contributed by atoms with Crippen molar-refractivity contribution in [3.8, 4) is 5.75 Å². The largest absolute Gasteiger partial charge is 0.505 e. The number of aromatic nitrogens is 1. The molecule has 0 bridgehead atoms. The number of benzene rings is 2. The highest BCUT2D eigenvalue weighted by molar-refractivity contribution is 5.98. The molecule has 0 saturated carbocycles. The van der Waals surface area contributed by atoms with Crippen LogP contribution >= 0.6 is 0 Å². The predicted molar refractivity (Wildman–Crippen MR) is 80.9 cm³/mol. The van der Waals surface area contributed by atoms with Gasteiger partial charge in [0.1, 0.15) is 5.75 Å². The summed E-state index contributed by atoms with van der Waals surface area (Å²) in [7, 11) is 0. The standard InChI is InChI=1S/C17H14N2O2/c20-16(12-19-10-4-1-5-11-19)18-15-9-8-13-6-2-3-7-14(13)17(15)21/h1-11H,12H2,(H-,18,20,21)/p+1. The number of phenolic OH excluding ortho intramolecular Hbond substituents is 1. The molecule has 0 aliphatic rings. The van der Waals surface area contributed by atoms with Crippen LogP contribution in [0.25, 0.3) is 10.8 Å². The molecule has 3 rings (SSSR count). The van der Waals surface area contributed by atoms with Gasteiger partial charge in [0, 0.05) is 17.5 Å². The number of amides is 1. The molecule has 2 N–H and O–H groups in total. The SMILES string of the molecule is O=C(C[n+]1ccccc1)Nc1ccc2ccccc2c1O. The number of nitrogens with zero attached hydrogens (tertiary/aromatic N) is 1. The van der Waals surface area contributed by atoms with Crippen LogP contribution in [-0.2, 0) is 11.3 Å². The van der Waals surface area contributed by atoms with Crippen LogP contribution in [-0.4, -0.2) is 11.0 Å². The molecule has 2 aromatic carbocycles. The molecule has 104 valence electrons. The summed E-state index contributed by atoms with van der Waals surface area (Å²) in [4.78, 5) is 12.0. The Bertz CT molecular complexity index is 785. The molecular formula is C17H15N2O2+. The van der Waals surface area contributed by atoms with Crippen molar-refractivity contribution in [2.24, 2.45) is 0 Å². The first-order valence-corrected chi connectivity index (χ1v) is 6.69. The van der Waals surface area contributed by atoms with Crippen LogP contribution in [0.1, 0.15) is 0 Å². The molecule has 1 heterocycles. The van der Waals surface area contributed by atoms with Crippen molar-refractivity contribution >= 4 is 22.4 Å². The molecule has 0 saturated heterocycles. The van der Waals surface area contributed by atoms with Gasteiger partial charge in [-0.25, -0.2) is 0 Å². The van der Waals surface area contributed by atoms with Gasteiger partial charge >= 0.3 is 0 Å². The second-order valence-electron chi connectivity index (χ2n) is 4.78. The Labute approximate surface area is 122 Å². The molecule has 0 aliphatic carbocycles. The predicted octanol–water partition coefficient (Wildman–Crippen LogP) is 2.47. The van der Waals surface area contributed by atoms with Gasteiger partial charge in [-0.15, -0.1) is 0 Å². The molecule has 1 aromatic heterocycles. The van der Waals surface area contributed by atoms with Gasteiger partial charge in [0.15, 0.2) is 12.4 Å². The summed E-state index contributed by atoms with van der Waals surface area (Å²) in [6, 6.07) is 16.7. The number of nitrogens with one attached hydrogen (secondary N) is 1. The van der Waals surface area contributed by atoms with Crippen LogP contribution in [0.5, 0.6) is 5.75 Å². The minimum absolute atomic E-state index is 0.0968. The molecule has 0 unspecified atom stereocenters. The summed E-state index contributed by atoms with van der Waals surface area (Å²) < 4.78 is 1.77. The molecule has 0 atom stereocenters. The lowest BCUT2D eigenvalue weighted by atomic mass is 10.1. The third kappa shape index (κ3) is 2.84. The fraction of sp³-hybridized carbons (Fsp3) is 0.0588. The van der Waals surface area contributed by atoms with Crippen molar-refractivity contribution in [3.05, 3.63) is 67.0 Å². The Morgan fingerprint density at radius 2 is 1.76 bits per heavy atom. The quantitative estimate of drug-likeness (QED) is 0.571. The zero-order valence-electron chi connectivity index (χ0n) is 11.4. The first-order chi connectivity index (χ1) is 10.2. The second-order valence-corrected chi connectivity index (χ2v) is 4.78. The fourth-order valence-corrected chi connectivity index (χ4v) is 2.25. The normalized spacial score (nSPS) is 10.5. The van der Waals surface area contributed by atoms with E-state index in [4.69, 9.17) is 0 Å². The molecule has 3 aromatic rings. The lowest BCUT2D eigenvalue weighted by molar-refractivity contribution is -0.684. The first kappa shape index (κ1) is 13.1. The van der Waals surface area contributed by atoms with Crippen molar-refractivity contribution < 1.29 is 14.5 Å². The molecule has 0 spiro atoms. The van der Waals surface area contributed by atoms with Gasteiger partial charge in [0.25, 0.3) is 5.91 Å². The number of rotatable bonds is 3. The van der Waals surface area contributed by atoms with Crippen molar-refractivity contribution in [1.82, 2.24) is 0 Å². The first-order valence-electron chi connectivity index (χ1n) is 6.69. The number of aromatic hydroxyl groups is 1. The molecular weight excluding hydrogens is 264 g/mol. The smallest absolute Gasteiger partial charge is 0.290 e. The van der Waals surface area contributed by atoms with E-state index in [1.807, 2.05) is 60.9 Å². The van der Waals surface area contributed by atoms with E-state index in [1.165, 1.54) is 0 Å². The number of hydrogen-bond donors (Lipinski definition) is 2. The number of phenols is 1. The van der Waals surface area contributed by atoms with Crippen molar-refractivity contribution in [2.45, 2.75) is 6.54 Å². The average molecular weight is 279 g/mol. The number of carbonyl (C=O) groups is 1. The molecule has 1 amide bonds. The Morgan fingerprint density at radius 3 is 2.57 bits per heavy atom. The minimum Gasteiger partial charge on any atom is -0.505 e. The summed E-state index contributed by atoms with van der Waals surface area (Å²) in [6.45, 7) is 0.201. The highest BCUT2D eigenvalue weighted by Crippen LogP contribution is 2.32. The van der Waals surface area contributed by atoms with Crippen LogP contribution in [0.15, 0.2) is 67.0 Å². The van der Waals surface area contributed by atoms with E-state index >= 15 is 0 Å². The number of hydrogen-bond acceptors (Lipinski definition) is 2. The molecule has 21 heavy (non-hydrogen) atoms. The highest BCUT2D eigenvalue weighted by atomic mass is 16.3. The minimum atomic E-state index is -0.184. The summed E-state index contributed by atoms with van der Waals surface area (Å²) in [6.07, 6.45) is 3.64. The maximum Gasteiger partial charge on any atom is 0.290 e. The number of carbonyl (C=O) groups excluding carboxylic acids is 1. The number of pyridine rings is 1. The zero-order chi connectivity index (χ0) is 14.7.